The Hall–Kier alpha value is -1.95. The Balaban J connectivity index is 2.04. The number of hydrogen-bond acceptors (Lipinski definition) is 4. The van der Waals surface area contributed by atoms with Gasteiger partial charge < -0.3 is 14.4 Å². The minimum atomic E-state index is -0.583. The van der Waals surface area contributed by atoms with E-state index in [2.05, 4.69) is 0 Å². The summed E-state index contributed by atoms with van der Waals surface area (Å²) in [4.78, 5) is 27.8. The Bertz CT molecular complexity index is 615. The molecule has 1 fully saturated rings. The van der Waals surface area contributed by atoms with Gasteiger partial charge in [0.2, 0.25) is 5.91 Å². The number of hydrogen-bond donors (Lipinski definition) is 0. The van der Waals surface area contributed by atoms with E-state index in [4.69, 9.17) is 21.1 Å². The number of alkyl halides is 1. The maximum atomic E-state index is 12.6. The summed E-state index contributed by atoms with van der Waals surface area (Å²) in [6.07, 6.45) is 0.267. The quantitative estimate of drug-likeness (QED) is 0.591. The van der Waals surface area contributed by atoms with Crippen molar-refractivity contribution in [1.29, 1.82) is 0 Å². The highest BCUT2D eigenvalue weighted by Crippen LogP contribution is 2.29. The summed E-state index contributed by atoms with van der Waals surface area (Å²) in [6.45, 7) is 6.70. The Morgan fingerprint density at radius 3 is 2.60 bits per heavy atom. The van der Waals surface area contributed by atoms with Gasteiger partial charge in [-0.2, -0.15) is 0 Å². The van der Waals surface area contributed by atoms with E-state index in [0.29, 0.717) is 37.0 Å². The first-order valence-corrected chi connectivity index (χ1v) is 8.91. The molecule has 2 amide bonds. The summed E-state index contributed by atoms with van der Waals surface area (Å²) in [5.41, 5.74) is 0.131. The molecule has 1 aliphatic rings. The molecule has 0 aliphatic carbocycles. The van der Waals surface area contributed by atoms with Crippen LogP contribution in [0.4, 0.5) is 10.5 Å². The first-order chi connectivity index (χ1) is 11.8. The van der Waals surface area contributed by atoms with Gasteiger partial charge in [-0.1, -0.05) is 12.1 Å². The lowest BCUT2D eigenvalue weighted by Gasteiger charge is -2.35. The standard InChI is InChI=1S/C18H25ClN2O4/c1-18(2,3)25-17(23)20-10-11-21(16(22)13-20)14-7-4-5-8-15(14)24-12-6-9-19/h4-5,7-8H,6,9-13H2,1-3H3. The van der Waals surface area contributed by atoms with Crippen LogP contribution in [-0.2, 0) is 9.53 Å². The average Bonchev–Trinajstić information content (AvgIpc) is 2.54. The molecule has 0 unspecified atom stereocenters. The number of nitrogens with zero attached hydrogens (tertiary/aromatic N) is 2. The molecular weight excluding hydrogens is 344 g/mol. The minimum absolute atomic E-state index is 0.00900. The van der Waals surface area contributed by atoms with Crippen LogP contribution in [0.5, 0.6) is 5.75 Å². The summed E-state index contributed by atoms with van der Waals surface area (Å²) >= 11 is 5.68. The molecule has 1 heterocycles. The zero-order valence-electron chi connectivity index (χ0n) is 15.0. The second-order valence-electron chi connectivity index (χ2n) is 6.81. The first-order valence-electron chi connectivity index (χ1n) is 8.38. The highest BCUT2D eigenvalue weighted by Gasteiger charge is 2.31. The first kappa shape index (κ1) is 19.4. The Morgan fingerprint density at radius 2 is 1.96 bits per heavy atom. The third kappa shape index (κ3) is 5.53. The summed E-state index contributed by atoms with van der Waals surface area (Å²) in [5, 5.41) is 0. The van der Waals surface area contributed by atoms with E-state index < -0.39 is 11.7 Å². The van der Waals surface area contributed by atoms with Crippen molar-refractivity contribution >= 4 is 29.3 Å². The second-order valence-corrected chi connectivity index (χ2v) is 7.18. The smallest absolute Gasteiger partial charge is 0.410 e. The van der Waals surface area contributed by atoms with Crippen LogP contribution in [0.3, 0.4) is 0 Å². The van der Waals surface area contributed by atoms with Crippen molar-refractivity contribution in [2.45, 2.75) is 32.8 Å². The van der Waals surface area contributed by atoms with Gasteiger partial charge in [-0.3, -0.25) is 9.69 Å². The molecular formula is C18H25ClN2O4. The topological polar surface area (TPSA) is 59.1 Å². The predicted molar refractivity (Wildman–Crippen MR) is 97.4 cm³/mol. The number of carbonyl (C=O) groups excluding carboxylic acids is 2. The van der Waals surface area contributed by atoms with Gasteiger partial charge in [0.15, 0.2) is 0 Å². The number of amides is 2. The van der Waals surface area contributed by atoms with Crippen molar-refractivity contribution in [1.82, 2.24) is 4.90 Å². The molecule has 25 heavy (non-hydrogen) atoms. The number of para-hydroxylation sites is 2. The number of piperazine rings is 1. The number of rotatable bonds is 5. The molecule has 0 saturated carbocycles. The molecule has 0 N–H and O–H groups in total. The van der Waals surface area contributed by atoms with Crippen molar-refractivity contribution in [2.75, 3.05) is 37.0 Å². The van der Waals surface area contributed by atoms with E-state index in [0.717, 1.165) is 6.42 Å². The van der Waals surface area contributed by atoms with Gasteiger partial charge in [0, 0.05) is 19.0 Å². The zero-order chi connectivity index (χ0) is 18.4. The predicted octanol–water partition coefficient (Wildman–Crippen LogP) is 3.28. The number of ether oxygens (including phenoxy) is 2. The SMILES string of the molecule is CC(C)(C)OC(=O)N1CCN(c2ccccc2OCCCCl)C(=O)C1. The number of carbonyl (C=O) groups is 2. The van der Waals surface area contributed by atoms with Gasteiger partial charge in [0.1, 0.15) is 17.9 Å². The van der Waals surface area contributed by atoms with Crippen LogP contribution in [0.1, 0.15) is 27.2 Å². The van der Waals surface area contributed by atoms with Crippen molar-refractivity contribution in [3.63, 3.8) is 0 Å². The molecule has 1 saturated heterocycles. The largest absolute Gasteiger partial charge is 0.491 e. The Labute approximate surface area is 153 Å². The summed E-state index contributed by atoms with van der Waals surface area (Å²) in [7, 11) is 0. The maximum Gasteiger partial charge on any atom is 0.410 e. The Kier molecular flexibility index (Phi) is 6.53. The van der Waals surface area contributed by atoms with Gasteiger partial charge >= 0.3 is 6.09 Å². The molecule has 0 bridgehead atoms. The monoisotopic (exact) mass is 368 g/mol. The fourth-order valence-corrected chi connectivity index (χ4v) is 2.56. The van der Waals surface area contributed by atoms with Crippen LogP contribution in [-0.4, -0.2) is 54.6 Å². The van der Waals surface area contributed by atoms with Gasteiger partial charge in [-0.15, -0.1) is 11.6 Å². The molecule has 0 spiro atoms. The second kappa shape index (κ2) is 8.43. The van der Waals surface area contributed by atoms with Gasteiger partial charge in [0.25, 0.3) is 0 Å². The zero-order valence-corrected chi connectivity index (χ0v) is 15.7. The van der Waals surface area contributed by atoms with Crippen LogP contribution in [0.25, 0.3) is 0 Å². The third-order valence-electron chi connectivity index (χ3n) is 3.56. The van der Waals surface area contributed by atoms with Gasteiger partial charge in [-0.25, -0.2) is 4.79 Å². The van der Waals surface area contributed by atoms with Gasteiger partial charge in [0.05, 0.1) is 12.3 Å². The highest BCUT2D eigenvalue weighted by molar-refractivity contribution is 6.17. The Morgan fingerprint density at radius 1 is 1.24 bits per heavy atom. The van der Waals surface area contributed by atoms with Crippen LogP contribution >= 0.6 is 11.6 Å². The van der Waals surface area contributed by atoms with Crippen molar-refractivity contribution in [2.24, 2.45) is 0 Å². The molecule has 1 aromatic carbocycles. The average molecular weight is 369 g/mol. The van der Waals surface area contributed by atoms with E-state index in [9.17, 15) is 9.59 Å². The van der Waals surface area contributed by atoms with E-state index in [-0.39, 0.29) is 12.5 Å². The molecule has 0 atom stereocenters. The maximum absolute atomic E-state index is 12.6. The van der Waals surface area contributed by atoms with Crippen molar-refractivity contribution in [3.8, 4) is 5.75 Å². The molecule has 1 aromatic rings. The third-order valence-corrected chi connectivity index (χ3v) is 3.83. The van der Waals surface area contributed by atoms with Crippen molar-refractivity contribution < 1.29 is 19.1 Å². The van der Waals surface area contributed by atoms with Crippen molar-refractivity contribution in [3.05, 3.63) is 24.3 Å². The fraction of sp³-hybridized carbons (Fsp3) is 0.556. The van der Waals surface area contributed by atoms with E-state index in [1.807, 2.05) is 24.3 Å². The number of anilines is 1. The number of halogens is 1. The van der Waals surface area contributed by atoms with E-state index in [1.165, 1.54) is 4.90 Å². The molecule has 0 aromatic heterocycles. The minimum Gasteiger partial charge on any atom is -0.491 e. The lowest BCUT2D eigenvalue weighted by molar-refractivity contribution is -0.121. The van der Waals surface area contributed by atoms with Crippen LogP contribution in [0.15, 0.2) is 24.3 Å². The van der Waals surface area contributed by atoms with Crippen LogP contribution < -0.4 is 9.64 Å². The van der Waals surface area contributed by atoms with Gasteiger partial charge in [-0.05, 0) is 39.3 Å². The van der Waals surface area contributed by atoms with E-state index in [1.54, 1.807) is 25.7 Å². The molecule has 1 aliphatic heterocycles. The van der Waals surface area contributed by atoms with E-state index >= 15 is 0 Å². The number of benzene rings is 1. The normalized spacial score (nSPS) is 15.3. The fourth-order valence-electron chi connectivity index (χ4n) is 2.45. The lowest BCUT2D eigenvalue weighted by atomic mass is 10.2. The highest BCUT2D eigenvalue weighted by atomic mass is 35.5. The summed E-state index contributed by atoms with van der Waals surface area (Å²) in [5.74, 6) is 1.01. The molecule has 6 nitrogen and oxygen atoms in total. The summed E-state index contributed by atoms with van der Waals surface area (Å²) < 4.78 is 11.1. The molecule has 7 heteroatoms. The molecule has 2 rings (SSSR count). The van der Waals surface area contributed by atoms with Crippen LogP contribution in [0.2, 0.25) is 0 Å². The lowest BCUT2D eigenvalue weighted by Crippen LogP contribution is -2.53. The summed E-state index contributed by atoms with van der Waals surface area (Å²) in [6, 6.07) is 7.40. The van der Waals surface area contributed by atoms with Crippen LogP contribution in [0, 0.1) is 0 Å². The molecule has 138 valence electrons. The molecule has 0 radical (unpaired) electrons.